The molecule has 0 unspecified atom stereocenters. The average molecular weight is 223 g/mol. The maximum Gasteiger partial charge on any atom is 0.0969 e. The van der Waals surface area contributed by atoms with Gasteiger partial charge >= 0.3 is 0 Å². The van der Waals surface area contributed by atoms with E-state index in [1.54, 1.807) is 11.3 Å². The summed E-state index contributed by atoms with van der Waals surface area (Å²) in [6.45, 7) is 9.02. The Kier molecular flexibility index (Phi) is 2.47. The normalized spacial score (nSPS) is 18.7. The third-order valence-electron chi connectivity index (χ3n) is 2.97. The van der Waals surface area contributed by atoms with E-state index in [4.69, 9.17) is 10.1 Å². The minimum absolute atomic E-state index is 0.170. The van der Waals surface area contributed by atoms with Crippen molar-refractivity contribution in [1.82, 2.24) is 0 Å². The molecule has 1 aromatic rings. The van der Waals surface area contributed by atoms with Crippen LogP contribution in [0.25, 0.3) is 0 Å². The lowest BCUT2D eigenvalue weighted by Gasteiger charge is -2.30. The maximum absolute atomic E-state index is 7.76. The van der Waals surface area contributed by atoms with Gasteiger partial charge in [-0.1, -0.05) is 0 Å². The molecule has 2 heterocycles. The van der Waals surface area contributed by atoms with Gasteiger partial charge in [0, 0.05) is 10.6 Å². The van der Waals surface area contributed by atoms with Crippen molar-refractivity contribution in [2.45, 2.75) is 39.7 Å². The van der Waals surface area contributed by atoms with Crippen LogP contribution in [0, 0.1) is 12.3 Å². The Morgan fingerprint density at radius 1 is 1.47 bits per heavy atom. The molecule has 0 saturated carbocycles. The Morgan fingerprint density at radius 2 is 2.13 bits per heavy atom. The summed E-state index contributed by atoms with van der Waals surface area (Å²) in [6, 6.07) is 0. The van der Waals surface area contributed by atoms with Gasteiger partial charge in [-0.3, -0.25) is 0 Å². The van der Waals surface area contributed by atoms with Crippen molar-refractivity contribution in [3.8, 4) is 0 Å². The lowest BCUT2D eigenvalue weighted by molar-refractivity contribution is -0.0283. The monoisotopic (exact) mass is 223 g/mol. The SMILES string of the molecule is CC(=N)c1sc2c(c1C)CCOC2(C)C. The van der Waals surface area contributed by atoms with Gasteiger partial charge in [-0.15, -0.1) is 11.3 Å². The first-order valence-corrected chi connectivity index (χ1v) is 6.07. The number of thiophene rings is 1. The average Bonchev–Trinajstić information content (AvgIpc) is 2.45. The highest BCUT2D eigenvalue weighted by atomic mass is 32.1. The zero-order chi connectivity index (χ0) is 11.2. The number of hydrogen-bond donors (Lipinski definition) is 1. The quantitative estimate of drug-likeness (QED) is 0.728. The summed E-state index contributed by atoms with van der Waals surface area (Å²) in [7, 11) is 0. The Labute approximate surface area is 94.8 Å². The first-order valence-electron chi connectivity index (χ1n) is 5.25. The van der Waals surface area contributed by atoms with Crippen LogP contribution < -0.4 is 0 Å². The van der Waals surface area contributed by atoms with E-state index < -0.39 is 0 Å². The van der Waals surface area contributed by atoms with Crippen LogP contribution in [0.4, 0.5) is 0 Å². The summed E-state index contributed by atoms with van der Waals surface area (Å²) >= 11 is 1.73. The van der Waals surface area contributed by atoms with Crippen molar-refractivity contribution in [1.29, 1.82) is 5.41 Å². The minimum Gasteiger partial charge on any atom is -0.370 e. The summed E-state index contributed by atoms with van der Waals surface area (Å²) in [4.78, 5) is 2.44. The smallest absolute Gasteiger partial charge is 0.0969 e. The van der Waals surface area contributed by atoms with Gasteiger partial charge in [0.05, 0.1) is 17.1 Å². The lowest BCUT2D eigenvalue weighted by Crippen LogP contribution is -2.27. The molecular formula is C12H17NOS. The van der Waals surface area contributed by atoms with Crippen LogP contribution in [0.5, 0.6) is 0 Å². The molecule has 1 aliphatic rings. The molecule has 0 spiro atoms. The van der Waals surface area contributed by atoms with Gasteiger partial charge < -0.3 is 10.1 Å². The molecule has 82 valence electrons. The van der Waals surface area contributed by atoms with Gasteiger partial charge in [0.2, 0.25) is 0 Å². The number of ether oxygens (including phenoxy) is 1. The predicted molar refractivity (Wildman–Crippen MR) is 64.2 cm³/mol. The molecule has 1 N–H and O–H groups in total. The molecule has 0 bridgehead atoms. The predicted octanol–water partition coefficient (Wildman–Crippen LogP) is 3.25. The molecule has 15 heavy (non-hydrogen) atoms. The number of rotatable bonds is 1. The molecule has 1 aliphatic heterocycles. The highest BCUT2D eigenvalue weighted by Gasteiger charge is 2.32. The zero-order valence-corrected chi connectivity index (χ0v) is 10.5. The highest BCUT2D eigenvalue weighted by Crippen LogP contribution is 2.41. The molecule has 0 radical (unpaired) electrons. The molecule has 2 nitrogen and oxygen atoms in total. The van der Waals surface area contributed by atoms with E-state index in [9.17, 15) is 0 Å². The van der Waals surface area contributed by atoms with Crippen molar-refractivity contribution in [3.63, 3.8) is 0 Å². The number of hydrogen-bond acceptors (Lipinski definition) is 3. The first-order chi connectivity index (χ1) is 6.93. The van der Waals surface area contributed by atoms with Crippen LogP contribution in [0.1, 0.15) is 41.7 Å². The zero-order valence-electron chi connectivity index (χ0n) is 9.73. The molecule has 2 rings (SSSR count). The Balaban J connectivity index is 2.60. The molecule has 0 fully saturated rings. The second kappa shape index (κ2) is 3.42. The first kappa shape index (κ1) is 10.8. The van der Waals surface area contributed by atoms with Gasteiger partial charge in [0.15, 0.2) is 0 Å². The van der Waals surface area contributed by atoms with Crippen LogP contribution in [-0.2, 0) is 16.8 Å². The minimum atomic E-state index is -0.170. The van der Waals surface area contributed by atoms with Gasteiger partial charge in [0.1, 0.15) is 0 Å². The molecule has 0 aromatic carbocycles. The highest BCUT2D eigenvalue weighted by molar-refractivity contribution is 7.14. The van der Waals surface area contributed by atoms with Crippen molar-refractivity contribution in [2.75, 3.05) is 6.61 Å². The summed E-state index contributed by atoms with van der Waals surface area (Å²) < 4.78 is 5.78. The summed E-state index contributed by atoms with van der Waals surface area (Å²) in [5.41, 5.74) is 3.20. The Morgan fingerprint density at radius 3 is 2.67 bits per heavy atom. The molecule has 1 aromatic heterocycles. The third-order valence-corrected chi connectivity index (χ3v) is 4.73. The van der Waals surface area contributed by atoms with Crippen LogP contribution in [0.2, 0.25) is 0 Å². The lowest BCUT2D eigenvalue weighted by atomic mass is 9.95. The summed E-state index contributed by atoms with van der Waals surface area (Å²) in [6.07, 6.45) is 0.994. The summed E-state index contributed by atoms with van der Waals surface area (Å²) in [5, 5.41) is 7.76. The number of fused-ring (bicyclic) bond motifs is 1. The van der Waals surface area contributed by atoms with Crippen molar-refractivity contribution in [3.05, 3.63) is 20.9 Å². The molecule has 0 aliphatic carbocycles. The van der Waals surface area contributed by atoms with Crippen LogP contribution in [0.3, 0.4) is 0 Å². The molecule has 0 atom stereocenters. The second-order valence-corrected chi connectivity index (χ2v) is 5.62. The Bertz CT molecular complexity index is 418. The van der Waals surface area contributed by atoms with Crippen molar-refractivity contribution in [2.24, 2.45) is 0 Å². The Hall–Kier alpha value is -0.670. The molecule has 0 amide bonds. The van der Waals surface area contributed by atoms with Crippen molar-refractivity contribution < 1.29 is 4.74 Å². The van der Waals surface area contributed by atoms with Gasteiger partial charge in [-0.25, -0.2) is 0 Å². The van der Waals surface area contributed by atoms with Crippen LogP contribution in [0.15, 0.2) is 0 Å². The topological polar surface area (TPSA) is 33.1 Å². The third kappa shape index (κ3) is 1.64. The van der Waals surface area contributed by atoms with E-state index in [1.165, 1.54) is 16.0 Å². The number of nitrogens with one attached hydrogen (secondary N) is 1. The largest absolute Gasteiger partial charge is 0.370 e. The fourth-order valence-electron chi connectivity index (χ4n) is 2.17. The van der Waals surface area contributed by atoms with Crippen LogP contribution >= 0.6 is 11.3 Å². The van der Waals surface area contributed by atoms with Crippen LogP contribution in [-0.4, -0.2) is 12.3 Å². The molecule has 0 saturated heterocycles. The van der Waals surface area contributed by atoms with E-state index in [0.717, 1.165) is 17.9 Å². The van der Waals surface area contributed by atoms with E-state index in [2.05, 4.69) is 20.8 Å². The maximum atomic E-state index is 7.76. The second-order valence-electron chi connectivity index (χ2n) is 4.60. The van der Waals surface area contributed by atoms with E-state index in [0.29, 0.717) is 5.71 Å². The molecular weight excluding hydrogens is 206 g/mol. The molecule has 3 heteroatoms. The van der Waals surface area contributed by atoms with E-state index >= 15 is 0 Å². The van der Waals surface area contributed by atoms with E-state index in [-0.39, 0.29) is 5.60 Å². The fraction of sp³-hybridized carbons (Fsp3) is 0.583. The summed E-state index contributed by atoms with van der Waals surface area (Å²) in [5.74, 6) is 0. The van der Waals surface area contributed by atoms with Gasteiger partial charge in [0.25, 0.3) is 0 Å². The van der Waals surface area contributed by atoms with Crippen molar-refractivity contribution >= 4 is 17.0 Å². The fourth-order valence-corrected chi connectivity index (χ4v) is 3.48. The van der Waals surface area contributed by atoms with Gasteiger partial charge in [-0.05, 0) is 45.2 Å². The van der Waals surface area contributed by atoms with E-state index in [1.807, 2.05) is 6.92 Å². The standard InChI is InChI=1S/C12H17NOS/c1-7-9-5-6-14-12(3,4)11(9)15-10(7)8(2)13/h13H,5-6H2,1-4H3. The van der Waals surface area contributed by atoms with Gasteiger partial charge in [-0.2, -0.15) is 0 Å².